The lowest BCUT2D eigenvalue weighted by molar-refractivity contribution is 0.0657. The normalized spacial score (nSPS) is 18.0. The SMILES string of the molecule is CC(C)OCc1cccc(NC(=O)NCC2CCCO2)c1. The third-order valence-corrected chi connectivity index (χ3v) is 3.28. The number of benzene rings is 1. The number of carbonyl (C=O) groups excluding carboxylic acids is 1. The molecule has 116 valence electrons. The molecule has 1 aromatic carbocycles. The Morgan fingerprint density at radius 1 is 1.48 bits per heavy atom. The number of hydrogen-bond donors (Lipinski definition) is 2. The molecule has 2 N–H and O–H groups in total. The number of urea groups is 1. The van der Waals surface area contributed by atoms with Crippen molar-refractivity contribution in [2.75, 3.05) is 18.5 Å². The molecule has 1 fully saturated rings. The highest BCUT2D eigenvalue weighted by atomic mass is 16.5. The smallest absolute Gasteiger partial charge is 0.319 e. The Hall–Kier alpha value is -1.59. The van der Waals surface area contributed by atoms with Crippen LogP contribution in [0.4, 0.5) is 10.5 Å². The summed E-state index contributed by atoms with van der Waals surface area (Å²) >= 11 is 0. The summed E-state index contributed by atoms with van der Waals surface area (Å²) in [5.41, 5.74) is 1.81. The van der Waals surface area contributed by atoms with Crippen molar-refractivity contribution in [3.63, 3.8) is 0 Å². The largest absolute Gasteiger partial charge is 0.376 e. The van der Waals surface area contributed by atoms with Crippen LogP contribution in [-0.4, -0.2) is 31.4 Å². The van der Waals surface area contributed by atoms with Crippen molar-refractivity contribution in [3.05, 3.63) is 29.8 Å². The van der Waals surface area contributed by atoms with Crippen LogP contribution in [0.1, 0.15) is 32.3 Å². The maximum atomic E-state index is 11.8. The molecule has 1 heterocycles. The van der Waals surface area contributed by atoms with Crippen molar-refractivity contribution >= 4 is 11.7 Å². The highest BCUT2D eigenvalue weighted by molar-refractivity contribution is 5.89. The number of rotatable bonds is 6. The Labute approximate surface area is 126 Å². The van der Waals surface area contributed by atoms with Gasteiger partial charge in [-0.25, -0.2) is 4.79 Å². The molecule has 2 rings (SSSR count). The van der Waals surface area contributed by atoms with Crippen molar-refractivity contribution in [1.82, 2.24) is 5.32 Å². The number of amides is 2. The molecule has 1 saturated heterocycles. The van der Waals surface area contributed by atoms with Crippen molar-refractivity contribution in [3.8, 4) is 0 Å². The summed E-state index contributed by atoms with van der Waals surface area (Å²) < 4.78 is 11.0. The molecular weight excluding hydrogens is 268 g/mol. The van der Waals surface area contributed by atoms with Crippen LogP contribution >= 0.6 is 0 Å². The molecule has 0 aromatic heterocycles. The van der Waals surface area contributed by atoms with E-state index in [4.69, 9.17) is 9.47 Å². The predicted molar refractivity (Wildman–Crippen MR) is 82.4 cm³/mol. The summed E-state index contributed by atoms with van der Waals surface area (Å²) in [6, 6.07) is 7.48. The molecule has 1 aliphatic rings. The Balaban J connectivity index is 1.78. The molecule has 5 nitrogen and oxygen atoms in total. The van der Waals surface area contributed by atoms with Gasteiger partial charge in [-0.3, -0.25) is 0 Å². The number of hydrogen-bond acceptors (Lipinski definition) is 3. The van der Waals surface area contributed by atoms with Crippen LogP contribution in [0.25, 0.3) is 0 Å². The summed E-state index contributed by atoms with van der Waals surface area (Å²) in [6.45, 7) is 5.90. The Kier molecular flexibility index (Phi) is 6.02. The zero-order valence-electron chi connectivity index (χ0n) is 12.7. The summed E-state index contributed by atoms with van der Waals surface area (Å²) in [4.78, 5) is 11.8. The fraction of sp³-hybridized carbons (Fsp3) is 0.562. The van der Waals surface area contributed by atoms with Crippen LogP contribution < -0.4 is 10.6 Å². The van der Waals surface area contributed by atoms with Crippen LogP contribution in [0.15, 0.2) is 24.3 Å². The number of nitrogens with one attached hydrogen (secondary N) is 2. The van der Waals surface area contributed by atoms with E-state index in [9.17, 15) is 4.79 Å². The molecule has 5 heteroatoms. The second-order valence-electron chi connectivity index (χ2n) is 5.53. The first-order valence-corrected chi connectivity index (χ1v) is 7.50. The molecule has 0 spiro atoms. The number of carbonyl (C=O) groups is 1. The summed E-state index contributed by atoms with van der Waals surface area (Å²) in [5, 5.41) is 5.67. The van der Waals surface area contributed by atoms with Crippen LogP contribution in [0.2, 0.25) is 0 Å². The lowest BCUT2D eigenvalue weighted by Crippen LogP contribution is -2.35. The average molecular weight is 292 g/mol. The minimum Gasteiger partial charge on any atom is -0.376 e. The first kappa shape index (κ1) is 15.8. The molecule has 0 saturated carbocycles. The van der Waals surface area contributed by atoms with E-state index in [1.165, 1.54) is 0 Å². The minimum absolute atomic E-state index is 0.154. The highest BCUT2D eigenvalue weighted by Crippen LogP contribution is 2.13. The maximum Gasteiger partial charge on any atom is 0.319 e. The molecule has 1 unspecified atom stereocenters. The summed E-state index contributed by atoms with van der Waals surface area (Å²) in [7, 11) is 0. The van der Waals surface area contributed by atoms with Crippen molar-refractivity contribution in [1.29, 1.82) is 0 Å². The van der Waals surface area contributed by atoms with Gasteiger partial charge >= 0.3 is 6.03 Å². The van der Waals surface area contributed by atoms with E-state index >= 15 is 0 Å². The Bertz CT molecular complexity index is 457. The van der Waals surface area contributed by atoms with Gasteiger partial charge in [0, 0.05) is 18.8 Å². The second kappa shape index (κ2) is 8.00. The van der Waals surface area contributed by atoms with Gasteiger partial charge in [0.1, 0.15) is 0 Å². The van der Waals surface area contributed by atoms with Gasteiger partial charge in [-0.15, -0.1) is 0 Å². The lowest BCUT2D eigenvalue weighted by Gasteiger charge is -2.13. The minimum atomic E-state index is -0.201. The number of ether oxygens (including phenoxy) is 2. The van der Waals surface area contributed by atoms with Crippen LogP contribution in [0.5, 0.6) is 0 Å². The Morgan fingerprint density at radius 3 is 3.05 bits per heavy atom. The quantitative estimate of drug-likeness (QED) is 0.847. The summed E-state index contributed by atoms with van der Waals surface area (Å²) in [6.07, 6.45) is 2.44. The fourth-order valence-electron chi connectivity index (χ4n) is 2.19. The zero-order valence-corrected chi connectivity index (χ0v) is 12.7. The molecule has 21 heavy (non-hydrogen) atoms. The molecule has 1 atom stereocenters. The first-order chi connectivity index (χ1) is 10.1. The van der Waals surface area contributed by atoms with E-state index in [0.29, 0.717) is 13.2 Å². The zero-order chi connectivity index (χ0) is 15.1. The van der Waals surface area contributed by atoms with Crippen LogP contribution in [-0.2, 0) is 16.1 Å². The van der Waals surface area contributed by atoms with E-state index in [0.717, 1.165) is 30.7 Å². The van der Waals surface area contributed by atoms with E-state index in [1.54, 1.807) is 0 Å². The van der Waals surface area contributed by atoms with Gasteiger partial charge in [-0.2, -0.15) is 0 Å². The van der Waals surface area contributed by atoms with E-state index in [2.05, 4.69) is 10.6 Å². The van der Waals surface area contributed by atoms with Gasteiger partial charge < -0.3 is 20.1 Å². The van der Waals surface area contributed by atoms with Crippen LogP contribution in [0, 0.1) is 0 Å². The van der Waals surface area contributed by atoms with Gasteiger partial charge in [-0.1, -0.05) is 12.1 Å². The molecular formula is C16H24N2O3. The van der Waals surface area contributed by atoms with E-state index in [1.807, 2.05) is 38.1 Å². The molecule has 1 aliphatic heterocycles. The Morgan fingerprint density at radius 2 is 2.33 bits per heavy atom. The van der Waals surface area contributed by atoms with Gasteiger partial charge in [-0.05, 0) is 44.4 Å². The standard InChI is InChI=1S/C16H24N2O3/c1-12(2)21-11-13-5-3-6-14(9-13)18-16(19)17-10-15-7-4-8-20-15/h3,5-6,9,12,15H,4,7-8,10-11H2,1-2H3,(H2,17,18,19). The topological polar surface area (TPSA) is 59.6 Å². The average Bonchev–Trinajstić information content (AvgIpc) is 2.97. The molecule has 0 radical (unpaired) electrons. The fourth-order valence-corrected chi connectivity index (χ4v) is 2.19. The molecule has 2 amide bonds. The predicted octanol–water partition coefficient (Wildman–Crippen LogP) is 2.91. The maximum absolute atomic E-state index is 11.8. The van der Waals surface area contributed by atoms with Gasteiger partial charge in [0.2, 0.25) is 0 Å². The number of anilines is 1. The van der Waals surface area contributed by atoms with Crippen molar-refractivity contribution in [2.24, 2.45) is 0 Å². The first-order valence-electron chi connectivity index (χ1n) is 7.50. The third-order valence-electron chi connectivity index (χ3n) is 3.28. The molecule has 0 bridgehead atoms. The van der Waals surface area contributed by atoms with Crippen molar-refractivity contribution < 1.29 is 14.3 Å². The third kappa shape index (κ3) is 5.73. The van der Waals surface area contributed by atoms with Crippen molar-refractivity contribution in [2.45, 2.75) is 45.5 Å². The monoisotopic (exact) mass is 292 g/mol. The molecule has 1 aromatic rings. The lowest BCUT2D eigenvalue weighted by atomic mass is 10.2. The van der Waals surface area contributed by atoms with E-state index < -0.39 is 0 Å². The van der Waals surface area contributed by atoms with Gasteiger partial charge in [0.05, 0.1) is 18.8 Å². The molecule has 0 aliphatic carbocycles. The van der Waals surface area contributed by atoms with E-state index in [-0.39, 0.29) is 18.2 Å². The summed E-state index contributed by atoms with van der Waals surface area (Å²) in [5.74, 6) is 0. The highest BCUT2D eigenvalue weighted by Gasteiger charge is 2.16. The van der Waals surface area contributed by atoms with Gasteiger partial charge in [0.25, 0.3) is 0 Å². The van der Waals surface area contributed by atoms with Gasteiger partial charge in [0.15, 0.2) is 0 Å². The second-order valence-corrected chi connectivity index (χ2v) is 5.53. The van der Waals surface area contributed by atoms with Crippen LogP contribution in [0.3, 0.4) is 0 Å².